The molecule has 2 aliphatic rings. The van der Waals surface area contributed by atoms with Crippen molar-refractivity contribution >= 4 is 11.8 Å². The molecule has 5 heteroatoms. The van der Waals surface area contributed by atoms with Gasteiger partial charge in [0.05, 0.1) is 12.0 Å². The third-order valence-corrected chi connectivity index (χ3v) is 4.97. The topological polar surface area (TPSA) is 69.6 Å². The predicted octanol–water partition coefficient (Wildman–Crippen LogP) is 1.87. The van der Waals surface area contributed by atoms with Crippen molar-refractivity contribution in [1.29, 1.82) is 0 Å². The molecule has 0 spiro atoms. The summed E-state index contributed by atoms with van der Waals surface area (Å²) in [6.07, 6.45) is 4.19. The molecule has 5 nitrogen and oxygen atoms in total. The molecule has 1 aliphatic heterocycles. The van der Waals surface area contributed by atoms with Gasteiger partial charge in [0, 0.05) is 25.6 Å². The molecule has 2 N–H and O–H groups in total. The number of benzene rings is 1. The lowest BCUT2D eigenvalue weighted by Gasteiger charge is -2.33. The van der Waals surface area contributed by atoms with Gasteiger partial charge in [-0.25, -0.2) is 0 Å². The zero-order valence-corrected chi connectivity index (χ0v) is 14.0. The van der Waals surface area contributed by atoms with E-state index in [2.05, 4.69) is 5.32 Å². The first-order valence-electron chi connectivity index (χ1n) is 8.94. The highest BCUT2D eigenvalue weighted by molar-refractivity contribution is 5.83. The summed E-state index contributed by atoms with van der Waals surface area (Å²) in [7, 11) is 0. The lowest BCUT2D eigenvalue weighted by molar-refractivity contribution is -0.137. The number of nitrogens with one attached hydrogen (secondary N) is 1. The number of hydrogen-bond donors (Lipinski definition) is 2. The number of piperidine rings is 1. The van der Waals surface area contributed by atoms with Crippen LogP contribution in [-0.2, 0) is 9.59 Å². The van der Waals surface area contributed by atoms with Crippen molar-refractivity contribution in [2.24, 2.45) is 11.8 Å². The number of rotatable bonds is 6. The van der Waals surface area contributed by atoms with Gasteiger partial charge in [0.2, 0.25) is 11.8 Å². The maximum absolute atomic E-state index is 12.7. The molecule has 1 aliphatic carbocycles. The van der Waals surface area contributed by atoms with Gasteiger partial charge in [0.25, 0.3) is 0 Å². The van der Waals surface area contributed by atoms with Crippen molar-refractivity contribution in [3.05, 3.63) is 35.9 Å². The Balaban J connectivity index is 1.60. The Morgan fingerprint density at radius 1 is 1.17 bits per heavy atom. The second-order valence-electron chi connectivity index (χ2n) is 6.88. The molecule has 2 atom stereocenters. The van der Waals surface area contributed by atoms with Crippen molar-refractivity contribution in [1.82, 2.24) is 10.2 Å². The van der Waals surface area contributed by atoms with E-state index in [4.69, 9.17) is 0 Å². The van der Waals surface area contributed by atoms with Crippen molar-refractivity contribution in [2.75, 3.05) is 19.7 Å². The normalized spacial score (nSPS) is 22.0. The summed E-state index contributed by atoms with van der Waals surface area (Å²) in [5.74, 6) is 0.276. The zero-order valence-electron chi connectivity index (χ0n) is 14.0. The maximum atomic E-state index is 12.7. The molecular weight excluding hydrogens is 304 g/mol. The van der Waals surface area contributed by atoms with Gasteiger partial charge in [0.1, 0.15) is 0 Å². The lowest BCUT2D eigenvalue weighted by atomic mass is 9.95. The molecule has 1 saturated carbocycles. The van der Waals surface area contributed by atoms with E-state index in [1.165, 1.54) is 0 Å². The first kappa shape index (κ1) is 17.0. The van der Waals surface area contributed by atoms with Crippen LogP contribution in [0.4, 0.5) is 0 Å². The Bertz CT molecular complexity index is 571. The highest BCUT2D eigenvalue weighted by Gasteiger charge is 2.37. The fourth-order valence-corrected chi connectivity index (χ4v) is 3.41. The average Bonchev–Trinajstić information content (AvgIpc) is 3.46. The van der Waals surface area contributed by atoms with Crippen molar-refractivity contribution in [3.63, 3.8) is 0 Å². The second kappa shape index (κ2) is 7.79. The van der Waals surface area contributed by atoms with Crippen LogP contribution in [0.3, 0.4) is 0 Å². The van der Waals surface area contributed by atoms with Crippen LogP contribution in [0.5, 0.6) is 0 Å². The van der Waals surface area contributed by atoms with Gasteiger partial charge in [-0.15, -0.1) is 0 Å². The van der Waals surface area contributed by atoms with E-state index in [0.29, 0.717) is 13.0 Å². The molecule has 130 valence electrons. The number of nitrogens with zero attached hydrogens (tertiary/aromatic N) is 1. The summed E-state index contributed by atoms with van der Waals surface area (Å²) in [6, 6.07) is 9.54. The largest absolute Gasteiger partial charge is 0.396 e. The minimum absolute atomic E-state index is 0.00870. The first-order chi connectivity index (χ1) is 11.7. The Morgan fingerprint density at radius 2 is 1.92 bits per heavy atom. The maximum Gasteiger partial charge on any atom is 0.225 e. The standard InChI is InChI=1S/C19H26N2O3/c22-12-10-17(14-5-2-1-3-6-14)20-18(23)16-7-4-11-21(13-16)19(24)15-8-9-15/h1-3,5-6,15-17,22H,4,7-13H2,(H,20,23)/t16-,17-/m0/s1. The van der Waals surface area contributed by atoms with E-state index in [1.54, 1.807) is 0 Å². The fraction of sp³-hybridized carbons (Fsp3) is 0.579. The molecule has 0 unspecified atom stereocenters. The number of aliphatic hydroxyl groups excluding tert-OH is 1. The molecule has 1 saturated heterocycles. The fourth-order valence-electron chi connectivity index (χ4n) is 3.41. The first-order valence-corrected chi connectivity index (χ1v) is 8.94. The summed E-state index contributed by atoms with van der Waals surface area (Å²) < 4.78 is 0. The van der Waals surface area contributed by atoms with Gasteiger partial charge >= 0.3 is 0 Å². The van der Waals surface area contributed by atoms with Crippen molar-refractivity contribution in [2.45, 2.75) is 38.1 Å². The Kier molecular flexibility index (Phi) is 5.51. The van der Waals surface area contributed by atoms with E-state index in [0.717, 1.165) is 37.8 Å². The Morgan fingerprint density at radius 3 is 2.58 bits per heavy atom. The predicted molar refractivity (Wildman–Crippen MR) is 91.1 cm³/mol. The highest BCUT2D eigenvalue weighted by atomic mass is 16.3. The van der Waals surface area contributed by atoms with E-state index in [9.17, 15) is 14.7 Å². The molecular formula is C19H26N2O3. The van der Waals surface area contributed by atoms with Crippen LogP contribution in [0.2, 0.25) is 0 Å². The molecule has 24 heavy (non-hydrogen) atoms. The number of amides is 2. The number of likely N-dealkylation sites (tertiary alicyclic amines) is 1. The second-order valence-corrected chi connectivity index (χ2v) is 6.88. The SMILES string of the molecule is O=C(N[C@@H](CCO)c1ccccc1)[C@H]1CCCN(C(=O)C2CC2)C1. The molecule has 0 aromatic heterocycles. The van der Waals surface area contributed by atoms with Crippen LogP contribution in [0.15, 0.2) is 30.3 Å². The number of aliphatic hydroxyl groups is 1. The Hall–Kier alpha value is -1.88. The summed E-state index contributed by atoms with van der Waals surface area (Å²) in [4.78, 5) is 26.8. The molecule has 0 bridgehead atoms. The van der Waals surface area contributed by atoms with Gasteiger partial charge in [-0.05, 0) is 37.7 Å². The van der Waals surface area contributed by atoms with Crippen LogP contribution in [0.1, 0.15) is 43.7 Å². The van der Waals surface area contributed by atoms with E-state index < -0.39 is 0 Å². The molecule has 2 amide bonds. The molecule has 1 aromatic carbocycles. The molecule has 2 fully saturated rings. The molecule has 1 heterocycles. The summed E-state index contributed by atoms with van der Waals surface area (Å²) >= 11 is 0. The van der Waals surface area contributed by atoms with Crippen LogP contribution >= 0.6 is 0 Å². The van der Waals surface area contributed by atoms with Crippen LogP contribution in [-0.4, -0.2) is 41.5 Å². The van der Waals surface area contributed by atoms with E-state index in [1.807, 2.05) is 35.2 Å². The quantitative estimate of drug-likeness (QED) is 0.837. The smallest absolute Gasteiger partial charge is 0.225 e. The number of carbonyl (C=O) groups is 2. The van der Waals surface area contributed by atoms with Gasteiger partial charge < -0.3 is 15.3 Å². The van der Waals surface area contributed by atoms with Gasteiger partial charge in [-0.3, -0.25) is 9.59 Å². The minimum atomic E-state index is -0.182. The Labute approximate surface area is 143 Å². The van der Waals surface area contributed by atoms with Crippen LogP contribution < -0.4 is 5.32 Å². The monoisotopic (exact) mass is 330 g/mol. The van der Waals surface area contributed by atoms with Gasteiger partial charge in [-0.2, -0.15) is 0 Å². The van der Waals surface area contributed by atoms with Crippen LogP contribution in [0.25, 0.3) is 0 Å². The average molecular weight is 330 g/mol. The highest BCUT2D eigenvalue weighted by Crippen LogP contribution is 2.32. The van der Waals surface area contributed by atoms with Crippen molar-refractivity contribution < 1.29 is 14.7 Å². The number of carbonyl (C=O) groups excluding carboxylic acids is 2. The third kappa shape index (κ3) is 4.15. The van der Waals surface area contributed by atoms with Crippen molar-refractivity contribution in [3.8, 4) is 0 Å². The van der Waals surface area contributed by atoms with Gasteiger partial charge in [0.15, 0.2) is 0 Å². The lowest BCUT2D eigenvalue weighted by Crippen LogP contribution is -2.46. The van der Waals surface area contributed by atoms with E-state index in [-0.39, 0.29) is 36.3 Å². The number of hydrogen-bond acceptors (Lipinski definition) is 3. The summed E-state index contributed by atoms with van der Waals surface area (Å²) in [5, 5.41) is 12.4. The minimum Gasteiger partial charge on any atom is -0.396 e. The summed E-state index contributed by atoms with van der Waals surface area (Å²) in [6.45, 7) is 1.33. The molecule has 0 radical (unpaired) electrons. The molecule has 1 aromatic rings. The summed E-state index contributed by atoms with van der Waals surface area (Å²) in [5.41, 5.74) is 1.00. The van der Waals surface area contributed by atoms with E-state index >= 15 is 0 Å². The third-order valence-electron chi connectivity index (χ3n) is 4.97. The van der Waals surface area contributed by atoms with Gasteiger partial charge in [-0.1, -0.05) is 30.3 Å². The zero-order chi connectivity index (χ0) is 16.9. The van der Waals surface area contributed by atoms with Crippen LogP contribution in [0, 0.1) is 11.8 Å². The molecule has 3 rings (SSSR count).